The first kappa shape index (κ1) is 15.1. The number of rotatable bonds is 7. The van der Waals surface area contributed by atoms with Crippen LogP contribution in [0.1, 0.15) is 19.3 Å². The van der Waals surface area contributed by atoms with E-state index in [1.807, 2.05) is 6.07 Å². The van der Waals surface area contributed by atoms with Gasteiger partial charge in [0.25, 0.3) is 0 Å². The Labute approximate surface area is 91.0 Å². The Kier molecular flexibility index (Phi) is 6.73. The van der Waals surface area contributed by atoms with Crippen molar-refractivity contribution in [3.63, 3.8) is 0 Å². The van der Waals surface area contributed by atoms with Crippen molar-refractivity contribution in [2.24, 2.45) is 0 Å². The van der Waals surface area contributed by atoms with Gasteiger partial charge in [-0.2, -0.15) is 9.57 Å². The molecule has 0 rings (SSSR count). The number of phosphoric acid groups is 1. The first-order valence-electron chi connectivity index (χ1n) is 3.88. The molecule has 0 saturated carbocycles. The van der Waals surface area contributed by atoms with Crippen LogP contribution in [0, 0.1) is 11.3 Å². The molecule has 0 heterocycles. The molecule has 0 aliphatic rings. The van der Waals surface area contributed by atoms with Gasteiger partial charge in [0.15, 0.2) is 0 Å². The van der Waals surface area contributed by atoms with Crippen LogP contribution in [0.4, 0.5) is 0 Å². The van der Waals surface area contributed by atoms with E-state index in [0.717, 1.165) is 0 Å². The monoisotopic (exact) mass is 275 g/mol. The summed E-state index contributed by atoms with van der Waals surface area (Å²) in [5.41, 5.74) is 0. The van der Waals surface area contributed by atoms with E-state index in [2.05, 4.69) is 4.31 Å². The molecule has 0 radical (unpaired) electrons. The Morgan fingerprint density at radius 2 is 1.87 bits per heavy atom. The van der Waals surface area contributed by atoms with E-state index in [0.29, 0.717) is 30.6 Å². The Morgan fingerprint density at radius 3 is 2.33 bits per heavy atom. The zero-order valence-corrected chi connectivity index (χ0v) is 10.3. The molecule has 0 saturated heterocycles. The molecule has 0 aliphatic carbocycles. The number of nitriles is 1. The molecule has 7 nitrogen and oxygen atoms in total. The second-order valence-electron chi connectivity index (χ2n) is 2.49. The quantitative estimate of drug-likeness (QED) is 0.472. The zero-order chi connectivity index (χ0) is 11.9. The van der Waals surface area contributed by atoms with Crippen LogP contribution in [-0.2, 0) is 13.4 Å². The molecule has 0 aromatic heterocycles. The molecule has 0 fully saturated rings. The summed E-state index contributed by atoms with van der Waals surface area (Å²) in [7, 11) is -4.93. The smallest absolute Gasteiger partial charge is 0.316 e. The minimum absolute atomic E-state index is 0.204. The fourth-order valence-corrected chi connectivity index (χ4v) is 4.76. The standard InChI is InChI=1S/C5H11NO6P2S/c6-4-2-1-3-5-15-14(10,11)12-13(7,8)9/h1-3,5H2,(H,10,11)(H2,7,8,9). The summed E-state index contributed by atoms with van der Waals surface area (Å²) in [6.07, 6.45) is 1.42. The van der Waals surface area contributed by atoms with E-state index >= 15 is 0 Å². The van der Waals surface area contributed by atoms with Crippen molar-refractivity contribution in [2.75, 3.05) is 5.75 Å². The molecule has 0 aliphatic heterocycles. The van der Waals surface area contributed by atoms with Gasteiger partial charge >= 0.3 is 14.6 Å². The summed E-state index contributed by atoms with van der Waals surface area (Å²) in [5, 5.41) is 8.19. The Bertz CT molecular complexity index is 322. The van der Waals surface area contributed by atoms with Crippen molar-refractivity contribution in [3.8, 4) is 6.07 Å². The van der Waals surface area contributed by atoms with Gasteiger partial charge in [0.1, 0.15) is 0 Å². The topological polar surface area (TPSA) is 128 Å². The van der Waals surface area contributed by atoms with Crippen LogP contribution in [0.3, 0.4) is 0 Å². The lowest BCUT2D eigenvalue weighted by Crippen LogP contribution is -1.86. The van der Waals surface area contributed by atoms with E-state index < -0.39 is 14.6 Å². The summed E-state index contributed by atoms with van der Waals surface area (Å²) in [6.45, 7) is -4.29. The van der Waals surface area contributed by atoms with Crippen LogP contribution in [0.5, 0.6) is 0 Å². The maximum absolute atomic E-state index is 11.0. The second kappa shape index (κ2) is 6.66. The predicted molar refractivity (Wildman–Crippen MR) is 54.9 cm³/mol. The zero-order valence-electron chi connectivity index (χ0n) is 7.64. The van der Waals surface area contributed by atoms with Crippen LogP contribution < -0.4 is 0 Å². The first-order valence-corrected chi connectivity index (χ1v) is 8.58. The molecular formula is C5H11NO6P2S. The van der Waals surface area contributed by atoms with Crippen molar-refractivity contribution in [1.82, 2.24) is 0 Å². The molecule has 0 aromatic carbocycles. The third-order valence-corrected chi connectivity index (χ3v) is 5.75. The number of unbranched alkanes of at least 4 members (excludes halogenated alkanes) is 2. The van der Waals surface area contributed by atoms with Crippen molar-refractivity contribution >= 4 is 26.0 Å². The van der Waals surface area contributed by atoms with Crippen molar-refractivity contribution < 1.29 is 28.1 Å². The fraction of sp³-hybridized carbons (Fsp3) is 0.800. The molecule has 0 spiro atoms. The lowest BCUT2D eigenvalue weighted by atomic mass is 10.3. The largest absolute Gasteiger partial charge is 0.477 e. The highest BCUT2D eigenvalue weighted by Gasteiger charge is 2.30. The van der Waals surface area contributed by atoms with Gasteiger partial charge in [-0.1, -0.05) is 0 Å². The minimum atomic E-state index is -4.93. The summed E-state index contributed by atoms with van der Waals surface area (Å²) >= 11 is 0.443. The Balaban J connectivity index is 3.81. The fourth-order valence-electron chi connectivity index (χ4n) is 0.644. The molecule has 0 amide bonds. The van der Waals surface area contributed by atoms with Crippen LogP contribution in [-0.4, -0.2) is 20.4 Å². The summed E-state index contributed by atoms with van der Waals surface area (Å²) in [6, 6.07) is 1.91. The number of hydrogen-bond donors (Lipinski definition) is 3. The lowest BCUT2D eigenvalue weighted by Gasteiger charge is -2.10. The van der Waals surface area contributed by atoms with E-state index in [1.165, 1.54) is 0 Å². The third kappa shape index (κ3) is 10.4. The lowest BCUT2D eigenvalue weighted by molar-refractivity contribution is 0.270. The molecule has 1 atom stereocenters. The normalized spacial score (nSPS) is 15.6. The second-order valence-corrected chi connectivity index (χ2v) is 7.89. The summed E-state index contributed by atoms with van der Waals surface area (Å²) in [5.74, 6) is 0.204. The number of nitrogens with zero attached hydrogens (tertiary/aromatic N) is 1. The van der Waals surface area contributed by atoms with Gasteiger partial charge in [-0.3, -0.25) is 0 Å². The highest BCUT2D eigenvalue weighted by atomic mass is 32.7. The molecule has 3 N–H and O–H groups in total. The van der Waals surface area contributed by atoms with Crippen LogP contribution in [0.2, 0.25) is 0 Å². The van der Waals surface area contributed by atoms with E-state index in [9.17, 15) is 9.13 Å². The average Bonchev–Trinajstić information content (AvgIpc) is 1.99. The van der Waals surface area contributed by atoms with Crippen molar-refractivity contribution in [2.45, 2.75) is 19.3 Å². The van der Waals surface area contributed by atoms with Gasteiger partial charge < -0.3 is 14.7 Å². The van der Waals surface area contributed by atoms with Gasteiger partial charge in [-0.25, -0.2) is 9.13 Å². The van der Waals surface area contributed by atoms with Gasteiger partial charge in [-0.05, 0) is 24.2 Å². The molecule has 10 heteroatoms. The summed E-state index contributed by atoms with van der Waals surface area (Å²) in [4.78, 5) is 25.5. The molecule has 15 heavy (non-hydrogen) atoms. The summed E-state index contributed by atoms with van der Waals surface area (Å²) < 4.78 is 25.0. The molecule has 1 unspecified atom stereocenters. The molecule has 0 bridgehead atoms. The van der Waals surface area contributed by atoms with Crippen molar-refractivity contribution in [3.05, 3.63) is 0 Å². The minimum Gasteiger partial charge on any atom is -0.316 e. The molecule has 0 aromatic rings. The first-order chi connectivity index (χ1) is 6.77. The maximum atomic E-state index is 11.0. The van der Waals surface area contributed by atoms with E-state index in [4.69, 9.17) is 19.9 Å². The number of hydrogen-bond acceptors (Lipinski definition) is 5. The van der Waals surface area contributed by atoms with Crippen molar-refractivity contribution in [1.29, 1.82) is 5.26 Å². The highest BCUT2D eigenvalue weighted by molar-refractivity contribution is 8.55. The molecular weight excluding hydrogens is 264 g/mol. The van der Waals surface area contributed by atoms with Gasteiger partial charge in [-0.15, -0.1) is 0 Å². The van der Waals surface area contributed by atoms with E-state index in [1.54, 1.807) is 0 Å². The molecule has 88 valence electrons. The van der Waals surface area contributed by atoms with Gasteiger partial charge in [0.05, 0.1) is 6.07 Å². The van der Waals surface area contributed by atoms with Crippen LogP contribution in [0.25, 0.3) is 0 Å². The Hall–Kier alpha value is 0.140. The van der Waals surface area contributed by atoms with Crippen LogP contribution >= 0.6 is 26.0 Å². The average molecular weight is 275 g/mol. The van der Waals surface area contributed by atoms with Gasteiger partial charge in [0, 0.05) is 12.2 Å². The van der Waals surface area contributed by atoms with E-state index in [-0.39, 0.29) is 5.75 Å². The van der Waals surface area contributed by atoms with Gasteiger partial charge in [0.2, 0.25) is 0 Å². The van der Waals surface area contributed by atoms with Crippen LogP contribution in [0.15, 0.2) is 0 Å². The maximum Gasteiger partial charge on any atom is 0.477 e. The SMILES string of the molecule is N#CCCCCSP(=O)(O)OP(=O)(O)O. The Morgan fingerprint density at radius 1 is 1.27 bits per heavy atom. The third-order valence-electron chi connectivity index (χ3n) is 1.15. The predicted octanol–water partition coefficient (Wildman–Crippen LogP) is 1.62. The highest BCUT2D eigenvalue weighted by Crippen LogP contribution is 2.65.